The van der Waals surface area contributed by atoms with E-state index in [1.54, 1.807) is 0 Å². The van der Waals surface area contributed by atoms with Gasteiger partial charge in [-0.3, -0.25) is 4.55 Å². The minimum atomic E-state index is -3.81. The van der Waals surface area contributed by atoms with E-state index in [0.717, 1.165) is 0 Å². The van der Waals surface area contributed by atoms with Crippen LogP contribution in [-0.4, -0.2) is 24.6 Å². The molecule has 0 saturated heterocycles. The van der Waals surface area contributed by atoms with E-state index in [2.05, 4.69) is 0 Å². The zero-order chi connectivity index (χ0) is 5.91. The van der Waals surface area contributed by atoms with Crippen LogP contribution in [0.3, 0.4) is 0 Å². The van der Waals surface area contributed by atoms with Crippen molar-refractivity contribution in [2.24, 2.45) is 0 Å². The Morgan fingerprint density at radius 1 is 1.62 bits per heavy atom. The molecule has 0 radical (unpaired) electrons. The van der Waals surface area contributed by atoms with Crippen LogP contribution in [0, 0.1) is 0 Å². The monoisotopic (exact) mass is 184 g/mol. The zero-order valence-corrected chi connectivity index (χ0v) is 9.16. The van der Waals surface area contributed by atoms with Crippen LogP contribution in [0.5, 0.6) is 0 Å². The third-order valence-electron chi connectivity index (χ3n) is 0.335. The van der Waals surface area contributed by atoms with Gasteiger partial charge < -0.3 is 1.43 Å². The second kappa shape index (κ2) is 5.61. The smallest absolute Gasteiger partial charge is 1.00 e. The Kier molecular flexibility index (Phi) is 8.77. The van der Waals surface area contributed by atoms with Crippen LogP contribution < -0.4 is 51.4 Å². The van der Waals surface area contributed by atoms with Crippen molar-refractivity contribution in [2.75, 3.05) is 11.6 Å². The van der Waals surface area contributed by atoms with Crippen LogP contribution in [0.15, 0.2) is 0 Å². The van der Waals surface area contributed by atoms with Crippen molar-refractivity contribution < 1.29 is 65.8 Å². The Morgan fingerprint density at radius 3 is 2.00 bits per heavy atom. The molecule has 0 fully saturated rings. The van der Waals surface area contributed by atoms with E-state index in [1.165, 1.54) is 0 Å². The Labute approximate surface area is 97.4 Å². The molecule has 0 bridgehead atoms. The largest absolute Gasteiger partial charge is 1.00 e. The summed E-state index contributed by atoms with van der Waals surface area (Å²) in [5.41, 5.74) is 0. The van der Waals surface area contributed by atoms with E-state index >= 15 is 0 Å². The molecule has 0 aromatic heterocycles. The van der Waals surface area contributed by atoms with Crippen molar-refractivity contribution in [3.8, 4) is 0 Å². The fourth-order valence-corrected chi connectivity index (χ4v) is 0.877. The predicted molar refractivity (Wildman–Crippen MR) is 28.2 cm³/mol. The molecule has 0 aromatic carbocycles. The first-order valence-electron chi connectivity index (χ1n) is 1.57. The van der Waals surface area contributed by atoms with Crippen LogP contribution in [0.25, 0.3) is 0 Å². The van der Waals surface area contributed by atoms with Gasteiger partial charge in [-0.25, -0.2) is 0 Å². The minimum absolute atomic E-state index is 0. The van der Waals surface area contributed by atoms with Gasteiger partial charge in [0, 0.05) is 5.88 Å². The molecule has 8 heavy (non-hydrogen) atoms. The van der Waals surface area contributed by atoms with Crippen LogP contribution in [0.1, 0.15) is 1.43 Å². The van der Waals surface area contributed by atoms with Gasteiger partial charge in [-0.05, 0) is 0 Å². The van der Waals surface area contributed by atoms with Gasteiger partial charge in [0.25, 0.3) is 10.1 Å². The van der Waals surface area contributed by atoms with Gasteiger partial charge in [0.15, 0.2) is 0 Å². The minimum Gasteiger partial charge on any atom is -1.00 e. The molecule has 0 spiro atoms. The van der Waals surface area contributed by atoms with Crippen LogP contribution in [-0.2, 0) is 10.1 Å². The summed E-state index contributed by atoms with van der Waals surface area (Å²) in [5.74, 6) is -0.423. The summed E-state index contributed by atoms with van der Waals surface area (Å²) < 4.78 is 27.3. The summed E-state index contributed by atoms with van der Waals surface area (Å²) >= 11 is 4.95. The van der Waals surface area contributed by atoms with Crippen LogP contribution in [0.4, 0.5) is 0 Å². The summed E-state index contributed by atoms with van der Waals surface area (Å²) in [5, 5.41) is 0. The molecule has 3 nitrogen and oxygen atoms in total. The Bertz CT molecular complexity index is 135. The molecule has 0 aromatic rings. The van der Waals surface area contributed by atoms with Crippen molar-refractivity contribution in [2.45, 2.75) is 0 Å². The van der Waals surface area contributed by atoms with Crippen molar-refractivity contribution in [3.63, 3.8) is 0 Å². The van der Waals surface area contributed by atoms with Crippen molar-refractivity contribution in [1.82, 2.24) is 0 Å². The summed E-state index contributed by atoms with van der Waals surface area (Å²) in [7, 11) is -3.81. The average molecular weight is 185 g/mol. The molecule has 0 unspecified atom stereocenters. The van der Waals surface area contributed by atoms with E-state index in [0.29, 0.717) is 0 Å². The van der Waals surface area contributed by atoms with Crippen LogP contribution in [0.2, 0.25) is 0 Å². The number of hydrogen-bond donors (Lipinski definition) is 1. The fourth-order valence-electron chi connectivity index (χ4n) is 0.0975. The average Bonchev–Trinajstić information content (AvgIpc) is 1.30. The van der Waals surface area contributed by atoms with E-state index in [4.69, 9.17) is 16.2 Å². The van der Waals surface area contributed by atoms with E-state index in [-0.39, 0.29) is 64.4 Å². The topological polar surface area (TPSA) is 54.4 Å². The van der Waals surface area contributed by atoms with E-state index in [1.807, 2.05) is 0 Å². The molecule has 0 aliphatic carbocycles. The number of rotatable bonds is 2. The van der Waals surface area contributed by atoms with Crippen molar-refractivity contribution >= 4 is 21.7 Å². The molecule has 0 aliphatic heterocycles. The van der Waals surface area contributed by atoms with Gasteiger partial charge in [0.1, 0.15) is 0 Å². The van der Waals surface area contributed by atoms with Gasteiger partial charge in [0.2, 0.25) is 0 Å². The molecule has 0 aliphatic rings. The Hall–Kier alpha value is 1.84. The quantitative estimate of drug-likeness (QED) is 0.287. The van der Waals surface area contributed by atoms with Gasteiger partial charge in [-0.15, -0.1) is 11.6 Å². The third kappa shape index (κ3) is 10.8. The second-order valence-corrected chi connectivity index (χ2v) is 2.93. The Morgan fingerprint density at radius 2 is 2.00 bits per heavy atom. The molecule has 0 atom stereocenters. The number of halogens is 1. The van der Waals surface area contributed by atoms with Crippen molar-refractivity contribution in [1.29, 1.82) is 0 Å². The molecular weight excluding hydrogens is 179 g/mol. The zero-order valence-electron chi connectivity index (χ0n) is 5.46. The van der Waals surface area contributed by atoms with Crippen molar-refractivity contribution in [3.05, 3.63) is 0 Å². The first kappa shape index (κ1) is 12.5. The molecule has 0 heterocycles. The van der Waals surface area contributed by atoms with E-state index < -0.39 is 10.1 Å². The number of alkyl halides is 1. The summed E-state index contributed by atoms with van der Waals surface area (Å²) in [6, 6.07) is 0. The molecule has 46 valence electrons. The molecule has 1 N–H and O–H groups in total. The summed E-state index contributed by atoms with van der Waals surface area (Å²) in [4.78, 5) is 0. The molecule has 0 rings (SSSR count). The van der Waals surface area contributed by atoms with Gasteiger partial charge in [0.05, 0.1) is 5.75 Å². The standard InChI is InChI=1S/C2H5ClO3S.K.H/c3-1-2-7(4,5)6;;/h1-2H2,(H,4,5,6);;/q;+1;-1. The van der Waals surface area contributed by atoms with Gasteiger partial charge in [-0.2, -0.15) is 8.42 Å². The molecular formula is C2H6ClKO3S. The SMILES string of the molecule is O=S(=O)(O)CCCl.[H-].[K+]. The fraction of sp³-hybridized carbons (Fsp3) is 1.00. The van der Waals surface area contributed by atoms with Gasteiger partial charge >= 0.3 is 51.4 Å². The third-order valence-corrected chi connectivity index (χ3v) is 1.47. The first-order chi connectivity index (χ1) is 3.06. The maximum atomic E-state index is 9.70. The molecule has 6 heteroatoms. The normalized spacial score (nSPS) is 10.2. The maximum absolute atomic E-state index is 9.70. The first-order valence-corrected chi connectivity index (χ1v) is 3.72. The van der Waals surface area contributed by atoms with Crippen LogP contribution >= 0.6 is 11.6 Å². The Balaban J connectivity index is -0.000000180. The molecule has 0 saturated carbocycles. The molecule has 0 amide bonds. The summed E-state index contributed by atoms with van der Waals surface area (Å²) in [6.07, 6.45) is 0. The second-order valence-electron chi connectivity index (χ2n) is 0.975. The predicted octanol–water partition coefficient (Wildman–Crippen LogP) is -2.77. The van der Waals surface area contributed by atoms with Gasteiger partial charge in [-0.1, -0.05) is 0 Å². The maximum Gasteiger partial charge on any atom is 1.00 e. The number of hydrogen-bond acceptors (Lipinski definition) is 2. The summed E-state index contributed by atoms with van der Waals surface area (Å²) in [6.45, 7) is 0. The van der Waals surface area contributed by atoms with E-state index in [9.17, 15) is 8.42 Å².